The van der Waals surface area contributed by atoms with Gasteiger partial charge in [-0.15, -0.1) is 0 Å². The number of aryl methyl sites for hydroxylation is 1. The number of nitrogens with one attached hydrogen (secondary N) is 1. The summed E-state index contributed by atoms with van der Waals surface area (Å²) < 4.78 is 10.2. The summed E-state index contributed by atoms with van der Waals surface area (Å²) in [6.07, 6.45) is 2.65. The van der Waals surface area contributed by atoms with Crippen molar-refractivity contribution in [1.82, 2.24) is 15.4 Å². The number of carbonyl (C=O) groups excluding carboxylic acids is 1. The molecule has 7 heteroatoms. The van der Waals surface area contributed by atoms with Crippen molar-refractivity contribution in [2.45, 2.75) is 31.5 Å². The highest BCUT2D eigenvalue weighted by molar-refractivity contribution is 5.94. The minimum Gasteiger partial charge on any atom is -0.472 e. The van der Waals surface area contributed by atoms with Gasteiger partial charge in [0.1, 0.15) is 12.0 Å². The molecule has 3 heterocycles. The van der Waals surface area contributed by atoms with E-state index < -0.39 is 11.6 Å². The highest BCUT2D eigenvalue weighted by atomic mass is 16.5. The third-order valence-corrected chi connectivity index (χ3v) is 5.29. The predicted octanol–water partition coefficient (Wildman–Crippen LogP) is 2.47. The highest BCUT2D eigenvalue weighted by Gasteiger charge is 2.45. The van der Waals surface area contributed by atoms with Gasteiger partial charge in [-0.3, -0.25) is 9.69 Å². The zero-order valence-electron chi connectivity index (χ0n) is 15.7. The zero-order chi connectivity index (χ0) is 19.6. The number of hydrogen-bond acceptors (Lipinski definition) is 6. The summed E-state index contributed by atoms with van der Waals surface area (Å²) in [4.78, 5) is 14.9. The standard InChI is InChI=1S/C21H23N3O4/c1-15-11-18(23-28-15)12-24-9-8-21(19(25)13-24,17-5-3-2-4-6-17)22-20(26)16-7-10-27-14-16/h2-7,10-11,14,19,25H,8-9,12-13H2,1H3,(H,22,26)/t19-,21-/m1/s1. The number of likely N-dealkylation sites (tertiary alicyclic amines) is 1. The molecule has 1 saturated heterocycles. The smallest absolute Gasteiger partial charge is 0.255 e. The summed E-state index contributed by atoms with van der Waals surface area (Å²) in [6, 6.07) is 13.1. The molecule has 1 aromatic carbocycles. The first kappa shape index (κ1) is 18.5. The van der Waals surface area contributed by atoms with Crippen LogP contribution >= 0.6 is 0 Å². The van der Waals surface area contributed by atoms with E-state index in [2.05, 4.69) is 15.4 Å². The molecule has 0 aliphatic carbocycles. The normalized spacial score (nSPS) is 22.9. The minimum absolute atomic E-state index is 0.266. The van der Waals surface area contributed by atoms with Crippen molar-refractivity contribution < 1.29 is 18.8 Å². The number of β-amino-alcohol motifs (C(OH)–C–C–N with tert-alkyl or cyclic N) is 1. The molecular formula is C21H23N3O4. The molecule has 7 nitrogen and oxygen atoms in total. The highest BCUT2D eigenvalue weighted by Crippen LogP contribution is 2.34. The summed E-state index contributed by atoms with van der Waals surface area (Å²) in [5.41, 5.74) is 1.28. The summed E-state index contributed by atoms with van der Waals surface area (Å²) in [5.74, 6) is 0.496. The summed E-state index contributed by atoms with van der Waals surface area (Å²) in [5, 5.41) is 18.3. The quantitative estimate of drug-likeness (QED) is 0.705. The molecule has 2 aromatic heterocycles. The first-order valence-electron chi connectivity index (χ1n) is 9.30. The van der Waals surface area contributed by atoms with E-state index in [9.17, 15) is 9.90 Å². The summed E-state index contributed by atoms with van der Waals surface area (Å²) >= 11 is 0. The van der Waals surface area contributed by atoms with Gasteiger partial charge >= 0.3 is 0 Å². The number of aliphatic hydroxyl groups excluding tert-OH is 1. The largest absolute Gasteiger partial charge is 0.472 e. The molecule has 1 aliphatic heterocycles. The fraction of sp³-hybridized carbons (Fsp3) is 0.333. The Morgan fingerprint density at radius 2 is 2.18 bits per heavy atom. The fourth-order valence-corrected chi connectivity index (χ4v) is 3.82. The van der Waals surface area contributed by atoms with Gasteiger partial charge in [-0.2, -0.15) is 0 Å². The molecule has 3 aromatic rings. The van der Waals surface area contributed by atoms with Crippen molar-refractivity contribution in [2.24, 2.45) is 0 Å². The van der Waals surface area contributed by atoms with Crippen molar-refractivity contribution in [3.8, 4) is 0 Å². The molecule has 1 fully saturated rings. The molecule has 1 amide bonds. The second-order valence-electron chi connectivity index (χ2n) is 7.23. The van der Waals surface area contributed by atoms with Gasteiger partial charge in [0.15, 0.2) is 0 Å². The van der Waals surface area contributed by atoms with Gasteiger partial charge in [-0.1, -0.05) is 35.5 Å². The number of piperidine rings is 1. The third-order valence-electron chi connectivity index (χ3n) is 5.29. The number of furan rings is 1. The van der Waals surface area contributed by atoms with Crippen LogP contribution in [-0.4, -0.2) is 40.3 Å². The molecule has 28 heavy (non-hydrogen) atoms. The minimum atomic E-state index is -0.869. The van der Waals surface area contributed by atoms with Gasteiger partial charge < -0.3 is 19.4 Å². The van der Waals surface area contributed by atoms with E-state index in [4.69, 9.17) is 8.94 Å². The van der Waals surface area contributed by atoms with E-state index in [0.717, 1.165) is 17.0 Å². The Labute approximate surface area is 162 Å². The maximum atomic E-state index is 12.8. The van der Waals surface area contributed by atoms with Crippen molar-refractivity contribution in [1.29, 1.82) is 0 Å². The Morgan fingerprint density at radius 3 is 2.82 bits per heavy atom. The Kier molecular flexibility index (Phi) is 5.02. The number of aliphatic hydroxyl groups is 1. The Hall–Kier alpha value is -2.90. The van der Waals surface area contributed by atoms with Gasteiger partial charge in [0, 0.05) is 25.7 Å². The van der Waals surface area contributed by atoms with Gasteiger partial charge in [0.25, 0.3) is 5.91 Å². The van der Waals surface area contributed by atoms with Crippen LogP contribution in [0.4, 0.5) is 0 Å². The van der Waals surface area contributed by atoms with Crippen LogP contribution in [0.2, 0.25) is 0 Å². The molecule has 1 aliphatic rings. The molecule has 0 spiro atoms. The maximum absolute atomic E-state index is 12.8. The van der Waals surface area contributed by atoms with Gasteiger partial charge in [0.2, 0.25) is 0 Å². The van der Waals surface area contributed by atoms with Crippen LogP contribution in [-0.2, 0) is 12.1 Å². The van der Waals surface area contributed by atoms with E-state index >= 15 is 0 Å². The van der Waals surface area contributed by atoms with Crippen LogP contribution in [0.3, 0.4) is 0 Å². The lowest BCUT2D eigenvalue weighted by atomic mass is 9.78. The van der Waals surface area contributed by atoms with Crippen LogP contribution in [0.5, 0.6) is 0 Å². The van der Waals surface area contributed by atoms with E-state index in [1.165, 1.54) is 12.5 Å². The molecular weight excluding hydrogens is 358 g/mol. The first-order valence-corrected chi connectivity index (χ1v) is 9.30. The first-order chi connectivity index (χ1) is 13.6. The van der Waals surface area contributed by atoms with Crippen LogP contribution < -0.4 is 5.32 Å². The fourth-order valence-electron chi connectivity index (χ4n) is 3.82. The Morgan fingerprint density at radius 1 is 1.36 bits per heavy atom. The van der Waals surface area contributed by atoms with E-state index in [0.29, 0.717) is 31.6 Å². The van der Waals surface area contributed by atoms with Crippen molar-refractivity contribution in [3.63, 3.8) is 0 Å². The Bertz CT molecular complexity index is 922. The zero-order valence-corrected chi connectivity index (χ0v) is 15.7. The van der Waals surface area contributed by atoms with Gasteiger partial charge in [-0.25, -0.2) is 0 Å². The van der Waals surface area contributed by atoms with Crippen molar-refractivity contribution in [3.05, 3.63) is 77.6 Å². The third kappa shape index (κ3) is 3.58. The lowest BCUT2D eigenvalue weighted by Gasteiger charge is -2.46. The second-order valence-corrected chi connectivity index (χ2v) is 7.23. The molecule has 0 saturated carbocycles. The summed E-state index contributed by atoms with van der Waals surface area (Å²) in [6.45, 7) is 3.55. The predicted molar refractivity (Wildman–Crippen MR) is 101 cm³/mol. The van der Waals surface area contributed by atoms with Gasteiger partial charge in [-0.05, 0) is 25.0 Å². The van der Waals surface area contributed by atoms with Crippen molar-refractivity contribution >= 4 is 5.91 Å². The maximum Gasteiger partial charge on any atom is 0.255 e. The lowest BCUT2D eigenvalue weighted by molar-refractivity contribution is -0.0186. The molecule has 0 unspecified atom stereocenters. The van der Waals surface area contributed by atoms with Crippen LogP contribution in [0.1, 0.15) is 33.8 Å². The van der Waals surface area contributed by atoms with E-state index in [-0.39, 0.29) is 5.91 Å². The monoisotopic (exact) mass is 381 g/mol. The lowest BCUT2D eigenvalue weighted by Crippen LogP contribution is -2.61. The number of hydrogen-bond donors (Lipinski definition) is 2. The molecule has 0 bridgehead atoms. The van der Waals surface area contributed by atoms with Gasteiger partial charge in [0.05, 0.1) is 29.2 Å². The SMILES string of the molecule is Cc1cc(CN2CC[C@@](NC(=O)c3ccoc3)(c3ccccc3)[C@H](O)C2)no1. The number of aromatic nitrogens is 1. The molecule has 146 valence electrons. The second kappa shape index (κ2) is 7.61. The number of amides is 1. The summed E-state index contributed by atoms with van der Waals surface area (Å²) in [7, 11) is 0. The van der Waals surface area contributed by atoms with Crippen LogP contribution in [0.15, 0.2) is 63.9 Å². The van der Waals surface area contributed by atoms with Crippen molar-refractivity contribution in [2.75, 3.05) is 13.1 Å². The molecule has 0 radical (unpaired) electrons. The topological polar surface area (TPSA) is 91.7 Å². The average Bonchev–Trinajstić information content (AvgIpc) is 3.37. The number of rotatable bonds is 5. The number of benzene rings is 1. The molecule has 4 rings (SSSR count). The average molecular weight is 381 g/mol. The van der Waals surface area contributed by atoms with Crippen LogP contribution in [0, 0.1) is 6.92 Å². The molecule has 2 atom stereocenters. The Balaban J connectivity index is 1.57. The number of carbonyl (C=O) groups is 1. The van der Waals surface area contributed by atoms with Crippen LogP contribution in [0.25, 0.3) is 0 Å². The van der Waals surface area contributed by atoms with E-state index in [1.807, 2.05) is 43.3 Å². The molecule has 2 N–H and O–H groups in total. The number of nitrogens with zero attached hydrogens (tertiary/aromatic N) is 2. The van der Waals surface area contributed by atoms with E-state index in [1.54, 1.807) is 6.07 Å².